The van der Waals surface area contributed by atoms with Gasteiger partial charge in [0.05, 0.1) is 22.1 Å². The Hall–Kier alpha value is -2.61. The van der Waals surface area contributed by atoms with Crippen molar-refractivity contribution in [2.75, 3.05) is 29.3 Å². The van der Waals surface area contributed by atoms with Crippen LogP contribution in [0.25, 0.3) is 11.4 Å². The van der Waals surface area contributed by atoms with Gasteiger partial charge in [0.2, 0.25) is 5.95 Å². The zero-order valence-corrected chi connectivity index (χ0v) is 15.8. The van der Waals surface area contributed by atoms with Crippen molar-refractivity contribution in [2.45, 2.75) is 6.42 Å². The number of aliphatic hydroxyl groups excluding tert-OH is 1. The van der Waals surface area contributed by atoms with Gasteiger partial charge < -0.3 is 10.4 Å². The van der Waals surface area contributed by atoms with Crippen LogP contribution in [0, 0.1) is 0 Å². The van der Waals surface area contributed by atoms with Crippen molar-refractivity contribution in [3.63, 3.8) is 0 Å². The molecule has 3 rings (SSSR count). The summed E-state index contributed by atoms with van der Waals surface area (Å²) in [5, 5.41) is 13.1. The number of nitrogens with one attached hydrogen (secondary N) is 3. The molecule has 3 aromatic rings. The lowest BCUT2D eigenvalue weighted by atomic mass is 10.2. The van der Waals surface area contributed by atoms with Crippen molar-refractivity contribution in [1.82, 2.24) is 15.0 Å². The van der Waals surface area contributed by atoms with E-state index >= 15 is 0 Å². The van der Waals surface area contributed by atoms with E-state index in [0.717, 1.165) is 5.69 Å². The lowest BCUT2D eigenvalue weighted by Crippen LogP contribution is -2.13. The second-order valence-electron chi connectivity index (χ2n) is 5.56. The molecule has 4 N–H and O–H groups in total. The Morgan fingerprint density at radius 1 is 0.963 bits per heavy atom. The molecule has 1 aromatic carbocycles. The SMILES string of the molecule is OCCCNc1nc(NNc2ccc(Cl)cc2Cl)cc(-c2ccccn2)n1. The molecule has 0 radical (unpaired) electrons. The standard InChI is InChI=1S/C18H18Cl2N6O/c19-12-5-6-14(13(20)10-12)25-26-17-11-16(15-4-1-2-7-21-15)23-18(24-17)22-8-3-9-27/h1-2,4-7,10-11,25,27H,3,8-9H2,(H2,22,23,24,26). The minimum Gasteiger partial charge on any atom is -0.396 e. The van der Waals surface area contributed by atoms with Crippen LogP contribution in [0.4, 0.5) is 17.5 Å². The first-order valence-corrected chi connectivity index (χ1v) is 9.03. The zero-order valence-electron chi connectivity index (χ0n) is 14.3. The van der Waals surface area contributed by atoms with Crippen molar-refractivity contribution < 1.29 is 5.11 Å². The maximum atomic E-state index is 8.95. The van der Waals surface area contributed by atoms with Crippen LogP contribution < -0.4 is 16.2 Å². The van der Waals surface area contributed by atoms with Crippen molar-refractivity contribution in [2.24, 2.45) is 0 Å². The lowest BCUT2D eigenvalue weighted by Gasteiger charge is -2.13. The summed E-state index contributed by atoms with van der Waals surface area (Å²) in [6.45, 7) is 0.646. The van der Waals surface area contributed by atoms with Crippen LogP contribution >= 0.6 is 23.2 Å². The smallest absolute Gasteiger partial charge is 0.225 e. The van der Waals surface area contributed by atoms with Crippen LogP contribution in [-0.2, 0) is 0 Å². The zero-order chi connectivity index (χ0) is 19.1. The average molecular weight is 405 g/mol. The summed E-state index contributed by atoms with van der Waals surface area (Å²) in [6, 6.07) is 12.5. The van der Waals surface area contributed by atoms with Gasteiger partial charge in [0.25, 0.3) is 0 Å². The van der Waals surface area contributed by atoms with E-state index in [4.69, 9.17) is 28.3 Å². The van der Waals surface area contributed by atoms with E-state index in [0.29, 0.717) is 46.2 Å². The Morgan fingerprint density at radius 2 is 1.85 bits per heavy atom. The monoisotopic (exact) mass is 404 g/mol. The number of rotatable bonds is 8. The van der Waals surface area contributed by atoms with Crippen molar-refractivity contribution in [1.29, 1.82) is 0 Å². The molecule has 0 unspecified atom stereocenters. The number of anilines is 3. The van der Waals surface area contributed by atoms with Crippen LogP contribution in [0.15, 0.2) is 48.7 Å². The molecule has 0 aliphatic heterocycles. The van der Waals surface area contributed by atoms with Gasteiger partial charge in [-0.2, -0.15) is 4.98 Å². The number of aliphatic hydroxyl groups is 1. The molecular formula is C18H18Cl2N6O. The van der Waals surface area contributed by atoms with Gasteiger partial charge in [0.15, 0.2) is 5.82 Å². The van der Waals surface area contributed by atoms with Gasteiger partial charge in [-0.25, -0.2) is 4.98 Å². The number of benzene rings is 1. The van der Waals surface area contributed by atoms with Crippen LogP contribution in [0.3, 0.4) is 0 Å². The normalized spacial score (nSPS) is 10.5. The highest BCUT2D eigenvalue weighted by Gasteiger charge is 2.08. The van der Waals surface area contributed by atoms with E-state index in [9.17, 15) is 0 Å². The van der Waals surface area contributed by atoms with Gasteiger partial charge in [-0.3, -0.25) is 15.8 Å². The molecular weight excluding hydrogens is 387 g/mol. The topological polar surface area (TPSA) is 95.0 Å². The molecule has 2 aromatic heterocycles. The Labute approximate surface area is 166 Å². The second kappa shape index (κ2) is 9.36. The number of hydrogen-bond donors (Lipinski definition) is 4. The summed E-state index contributed by atoms with van der Waals surface area (Å²) in [5.41, 5.74) is 8.06. The number of pyridine rings is 1. The fraction of sp³-hybridized carbons (Fsp3) is 0.167. The molecule has 0 saturated carbocycles. The van der Waals surface area contributed by atoms with Crippen LogP contribution in [0.2, 0.25) is 10.0 Å². The van der Waals surface area contributed by atoms with E-state index in [1.165, 1.54) is 0 Å². The highest BCUT2D eigenvalue weighted by Crippen LogP contribution is 2.26. The van der Waals surface area contributed by atoms with E-state index in [1.54, 1.807) is 30.5 Å². The van der Waals surface area contributed by atoms with Crippen LogP contribution in [0.1, 0.15) is 6.42 Å². The molecule has 0 atom stereocenters. The molecule has 7 nitrogen and oxygen atoms in total. The lowest BCUT2D eigenvalue weighted by molar-refractivity contribution is 0.292. The molecule has 0 aliphatic rings. The number of nitrogens with zero attached hydrogens (tertiary/aromatic N) is 3. The van der Waals surface area contributed by atoms with Gasteiger partial charge in [0.1, 0.15) is 0 Å². The molecule has 2 heterocycles. The van der Waals surface area contributed by atoms with Gasteiger partial charge in [-0.05, 0) is 36.8 Å². The number of aromatic nitrogens is 3. The second-order valence-corrected chi connectivity index (χ2v) is 6.40. The average Bonchev–Trinajstić information content (AvgIpc) is 2.68. The van der Waals surface area contributed by atoms with Gasteiger partial charge in [-0.1, -0.05) is 29.3 Å². The summed E-state index contributed by atoms with van der Waals surface area (Å²) >= 11 is 12.1. The molecule has 0 spiro atoms. The highest BCUT2D eigenvalue weighted by atomic mass is 35.5. The number of hydrazine groups is 1. The Bertz CT molecular complexity index is 894. The predicted octanol–water partition coefficient (Wildman–Crippen LogP) is 4.08. The molecule has 9 heteroatoms. The Balaban J connectivity index is 1.83. The minimum absolute atomic E-state index is 0.0919. The molecule has 0 bridgehead atoms. The van der Waals surface area contributed by atoms with Gasteiger partial charge in [-0.15, -0.1) is 0 Å². The van der Waals surface area contributed by atoms with Crippen LogP contribution in [-0.4, -0.2) is 33.2 Å². The van der Waals surface area contributed by atoms with E-state index < -0.39 is 0 Å². The van der Waals surface area contributed by atoms with Gasteiger partial charge >= 0.3 is 0 Å². The van der Waals surface area contributed by atoms with E-state index in [-0.39, 0.29) is 6.61 Å². The molecule has 140 valence electrons. The third kappa shape index (κ3) is 5.43. The maximum absolute atomic E-state index is 8.95. The first-order chi connectivity index (χ1) is 13.2. The summed E-state index contributed by atoms with van der Waals surface area (Å²) in [7, 11) is 0. The fourth-order valence-electron chi connectivity index (χ4n) is 2.24. The Kier molecular flexibility index (Phi) is 6.64. The molecule has 27 heavy (non-hydrogen) atoms. The quantitative estimate of drug-likeness (QED) is 0.331. The van der Waals surface area contributed by atoms with Crippen molar-refractivity contribution in [3.8, 4) is 11.4 Å². The minimum atomic E-state index is 0.0919. The first-order valence-electron chi connectivity index (χ1n) is 8.28. The number of hydrogen-bond acceptors (Lipinski definition) is 7. The number of halogens is 2. The molecule has 0 saturated heterocycles. The molecule has 0 aliphatic carbocycles. The summed E-state index contributed by atoms with van der Waals surface area (Å²) < 4.78 is 0. The van der Waals surface area contributed by atoms with Crippen molar-refractivity contribution >= 4 is 40.7 Å². The summed E-state index contributed by atoms with van der Waals surface area (Å²) in [4.78, 5) is 13.2. The first kappa shape index (κ1) is 19.2. The van der Waals surface area contributed by atoms with E-state index in [1.807, 2.05) is 18.2 Å². The largest absolute Gasteiger partial charge is 0.396 e. The third-order valence-electron chi connectivity index (χ3n) is 3.53. The maximum Gasteiger partial charge on any atom is 0.225 e. The third-order valence-corrected chi connectivity index (χ3v) is 4.08. The summed E-state index contributed by atoms with van der Waals surface area (Å²) in [5.74, 6) is 0.960. The molecule has 0 fully saturated rings. The highest BCUT2D eigenvalue weighted by molar-refractivity contribution is 6.36. The van der Waals surface area contributed by atoms with E-state index in [2.05, 4.69) is 31.1 Å². The van der Waals surface area contributed by atoms with Gasteiger partial charge in [0, 0.05) is 30.4 Å². The summed E-state index contributed by atoms with van der Waals surface area (Å²) in [6.07, 6.45) is 2.30. The Morgan fingerprint density at radius 3 is 2.59 bits per heavy atom. The predicted molar refractivity (Wildman–Crippen MR) is 109 cm³/mol. The van der Waals surface area contributed by atoms with Crippen LogP contribution in [0.5, 0.6) is 0 Å². The fourth-order valence-corrected chi connectivity index (χ4v) is 2.69. The van der Waals surface area contributed by atoms with Crippen molar-refractivity contribution in [3.05, 3.63) is 58.7 Å². The molecule has 0 amide bonds.